The first-order valence-corrected chi connectivity index (χ1v) is 6.93. The van der Waals surface area contributed by atoms with Gasteiger partial charge >= 0.3 is 5.97 Å². The summed E-state index contributed by atoms with van der Waals surface area (Å²) in [6, 6.07) is 3.19. The summed E-state index contributed by atoms with van der Waals surface area (Å²) in [6.07, 6.45) is -0.305. The van der Waals surface area contributed by atoms with Crippen molar-refractivity contribution in [1.82, 2.24) is 0 Å². The summed E-state index contributed by atoms with van der Waals surface area (Å²) in [5, 5.41) is 8.71. The van der Waals surface area contributed by atoms with Gasteiger partial charge in [-0.3, -0.25) is 9.59 Å². The first-order chi connectivity index (χ1) is 8.90. The molecule has 0 heterocycles. The molecule has 1 aromatic rings. The second-order valence-electron chi connectivity index (χ2n) is 3.62. The van der Waals surface area contributed by atoms with Gasteiger partial charge in [-0.25, -0.2) is 0 Å². The Morgan fingerprint density at radius 2 is 1.95 bits per heavy atom. The Bertz CT molecular complexity index is 501. The van der Waals surface area contributed by atoms with Gasteiger partial charge in [0.1, 0.15) is 11.5 Å². The van der Waals surface area contributed by atoms with Gasteiger partial charge in [0.25, 0.3) is 0 Å². The van der Waals surface area contributed by atoms with Gasteiger partial charge in [-0.1, -0.05) is 15.9 Å². The van der Waals surface area contributed by atoms with Crippen molar-refractivity contribution in [3.63, 3.8) is 0 Å². The number of carbonyl (C=O) groups excluding carboxylic acids is 1. The summed E-state index contributed by atoms with van der Waals surface area (Å²) in [5.41, 5.74) is 0.284. The second-order valence-corrected chi connectivity index (χ2v) is 5.58. The summed E-state index contributed by atoms with van der Waals surface area (Å²) in [7, 11) is 2.93. The first kappa shape index (κ1) is 16.0. The number of methoxy groups -OCH3 is 2. The number of carboxylic acid groups (broad SMARTS) is 1. The van der Waals surface area contributed by atoms with Crippen molar-refractivity contribution in [2.24, 2.45) is 0 Å². The van der Waals surface area contributed by atoms with E-state index in [1.165, 1.54) is 14.2 Å². The van der Waals surface area contributed by atoms with Crippen molar-refractivity contribution in [1.29, 1.82) is 0 Å². The Morgan fingerprint density at radius 1 is 1.32 bits per heavy atom. The third-order valence-electron chi connectivity index (χ3n) is 2.37. The molecular weight excluding hydrogens is 384 g/mol. The molecule has 0 aromatic heterocycles. The predicted octanol–water partition coefficient (Wildman–Crippen LogP) is 2.89. The number of ether oxygens (including phenoxy) is 2. The zero-order chi connectivity index (χ0) is 14.6. The van der Waals surface area contributed by atoms with Crippen LogP contribution in [0.15, 0.2) is 16.6 Å². The van der Waals surface area contributed by atoms with Crippen LogP contribution in [0.4, 0.5) is 0 Å². The number of carboxylic acids is 1. The minimum absolute atomic E-state index is 0.284. The summed E-state index contributed by atoms with van der Waals surface area (Å²) < 4.78 is 10.7. The molecule has 0 bridgehead atoms. The third-order valence-corrected chi connectivity index (χ3v) is 3.73. The van der Waals surface area contributed by atoms with Crippen LogP contribution in [0, 0.1) is 0 Å². The molecule has 1 unspecified atom stereocenters. The second kappa shape index (κ2) is 6.91. The van der Waals surface area contributed by atoms with Gasteiger partial charge in [-0.15, -0.1) is 0 Å². The molecule has 0 spiro atoms. The molecular formula is C12H12Br2O5. The third kappa shape index (κ3) is 3.94. The molecule has 104 valence electrons. The van der Waals surface area contributed by atoms with E-state index in [2.05, 4.69) is 31.9 Å². The van der Waals surface area contributed by atoms with Gasteiger partial charge < -0.3 is 14.6 Å². The van der Waals surface area contributed by atoms with Crippen LogP contribution in [0.25, 0.3) is 0 Å². The molecule has 5 nitrogen and oxygen atoms in total. The van der Waals surface area contributed by atoms with E-state index in [0.29, 0.717) is 16.0 Å². The zero-order valence-corrected chi connectivity index (χ0v) is 13.4. The van der Waals surface area contributed by atoms with Crippen LogP contribution >= 0.6 is 31.9 Å². The van der Waals surface area contributed by atoms with Crippen molar-refractivity contribution in [3.8, 4) is 11.5 Å². The number of ketones is 1. The van der Waals surface area contributed by atoms with E-state index in [0.717, 1.165) is 0 Å². The van der Waals surface area contributed by atoms with E-state index in [4.69, 9.17) is 14.6 Å². The maximum atomic E-state index is 12.2. The lowest BCUT2D eigenvalue weighted by Crippen LogP contribution is -2.19. The predicted molar refractivity (Wildman–Crippen MR) is 76.5 cm³/mol. The van der Waals surface area contributed by atoms with E-state index in [1.54, 1.807) is 12.1 Å². The lowest BCUT2D eigenvalue weighted by atomic mass is 10.0. The quantitative estimate of drug-likeness (QED) is 0.592. The fraction of sp³-hybridized carbons (Fsp3) is 0.333. The molecule has 0 saturated carbocycles. The van der Waals surface area contributed by atoms with Crippen LogP contribution < -0.4 is 9.47 Å². The number of rotatable bonds is 6. The number of hydrogen-bond donors (Lipinski definition) is 1. The number of hydrogen-bond acceptors (Lipinski definition) is 4. The largest absolute Gasteiger partial charge is 0.497 e. The van der Waals surface area contributed by atoms with Gasteiger partial charge in [-0.2, -0.15) is 0 Å². The monoisotopic (exact) mass is 394 g/mol. The highest BCUT2D eigenvalue weighted by Gasteiger charge is 2.25. The molecule has 1 aromatic carbocycles. The number of alkyl halides is 1. The SMILES string of the molecule is COc1cc(Br)c(C(=O)C(Br)CC(=O)O)c(OC)c1. The minimum atomic E-state index is -1.06. The summed E-state index contributed by atoms with van der Waals surface area (Å²) in [6.45, 7) is 0. The van der Waals surface area contributed by atoms with Crippen LogP contribution in [-0.4, -0.2) is 35.9 Å². The van der Waals surface area contributed by atoms with E-state index >= 15 is 0 Å². The highest BCUT2D eigenvalue weighted by molar-refractivity contribution is 9.10. The van der Waals surface area contributed by atoms with E-state index < -0.39 is 10.8 Å². The molecule has 0 fully saturated rings. The molecule has 0 amide bonds. The van der Waals surface area contributed by atoms with Crippen molar-refractivity contribution < 1.29 is 24.2 Å². The van der Waals surface area contributed by atoms with Crippen LogP contribution in [0.2, 0.25) is 0 Å². The average Bonchev–Trinajstić information content (AvgIpc) is 2.35. The average molecular weight is 396 g/mol. The molecule has 0 radical (unpaired) electrons. The summed E-state index contributed by atoms with van der Waals surface area (Å²) in [5.74, 6) is -0.566. The van der Waals surface area contributed by atoms with Crippen molar-refractivity contribution in [2.45, 2.75) is 11.2 Å². The summed E-state index contributed by atoms with van der Waals surface area (Å²) >= 11 is 6.34. The fourth-order valence-electron chi connectivity index (χ4n) is 1.48. The number of Topliss-reactive ketones (excluding diaryl/α,β-unsaturated/α-hetero) is 1. The highest BCUT2D eigenvalue weighted by atomic mass is 79.9. The molecule has 1 atom stereocenters. The van der Waals surface area contributed by atoms with Gasteiger partial charge in [0.05, 0.1) is 31.0 Å². The molecule has 7 heteroatoms. The topological polar surface area (TPSA) is 72.8 Å². The molecule has 1 N–H and O–H groups in total. The van der Waals surface area contributed by atoms with Crippen molar-refractivity contribution in [2.75, 3.05) is 14.2 Å². The lowest BCUT2D eigenvalue weighted by molar-refractivity contribution is -0.136. The number of halogens is 2. The Balaban J connectivity index is 3.18. The Kier molecular flexibility index (Phi) is 5.81. The Labute approximate surface area is 127 Å². The van der Waals surface area contributed by atoms with Gasteiger partial charge in [-0.05, 0) is 22.0 Å². The standard InChI is InChI=1S/C12H12Br2O5/c1-18-6-3-7(13)11(9(4-6)19-2)12(17)8(14)5-10(15)16/h3-4,8H,5H2,1-2H3,(H,15,16). The highest BCUT2D eigenvalue weighted by Crippen LogP contribution is 2.34. The van der Waals surface area contributed by atoms with Crippen molar-refractivity contribution >= 4 is 43.6 Å². The first-order valence-electron chi connectivity index (χ1n) is 5.22. The van der Waals surface area contributed by atoms with Crippen LogP contribution in [0.3, 0.4) is 0 Å². The molecule has 0 aliphatic carbocycles. The molecule has 0 aliphatic rings. The number of carbonyl (C=O) groups is 2. The Hall–Kier alpha value is -1.08. The van der Waals surface area contributed by atoms with Gasteiger partial charge in [0, 0.05) is 10.5 Å². The molecule has 0 aliphatic heterocycles. The van der Waals surface area contributed by atoms with Crippen LogP contribution in [0.5, 0.6) is 11.5 Å². The van der Waals surface area contributed by atoms with E-state index in [-0.39, 0.29) is 17.8 Å². The minimum Gasteiger partial charge on any atom is -0.497 e. The molecule has 1 rings (SSSR count). The number of aliphatic carboxylic acids is 1. The maximum absolute atomic E-state index is 12.2. The fourth-order valence-corrected chi connectivity index (χ4v) is 2.60. The smallest absolute Gasteiger partial charge is 0.304 e. The zero-order valence-electron chi connectivity index (χ0n) is 10.3. The Morgan fingerprint density at radius 3 is 2.42 bits per heavy atom. The normalized spacial score (nSPS) is 11.8. The van der Waals surface area contributed by atoms with Gasteiger partial charge in [0.2, 0.25) is 0 Å². The summed E-state index contributed by atoms with van der Waals surface area (Å²) in [4.78, 5) is 22.0. The van der Waals surface area contributed by atoms with E-state index in [9.17, 15) is 9.59 Å². The van der Waals surface area contributed by atoms with Crippen LogP contribution in [-0.2, 0) is 4.79 Å². The van der Waals surface area contributed by atoms with Crippen molar-refractivity contribution in [3.05, 3.63) is 22.2 Å². The van der Waals surface area contributed by atoms with Crippen LogP contribution in [0.1, 0.15) is 16.8 Å². The number of benzene rings is 1. The maximum Gasteiger partial charge on any atom is 0.304 e. The van der Waals surface area contributed by atoms with E-state index in [1.807, 2.05) is 0 Å². The lowest BCUT2D eigenvalue weighted by Gasteiger charge is -2.14. The molecule has 0 saturated heterocycles. The van der Waals surface area contributed by atoms with Gasteiger partial charge in [0.15, 0.2) is 5.78 Å². The molecule has 19 heavy (non-hydrogen) atoms.